The summed E-state index contributed by atoms with van der Waals surface area (Å²) in [6.45, 7) is 3.90. The summed E-state index contributed by atoms with van der Waals surface area (Å²) in [5.74, 6) is 0.392. The highest BCUT2D eigenvalue weighted by molar-refractivity contribution is 5.95. The molecule has 0 N–H and O–H groups in total. The fraction of sp³-hybridized carbons (Fsp3) is 0.625. The molecule has 0 aromatic carbocycles. The minimum absolute atomic E-state index is 0.0199. The van der Waals surface area contributed by atoms with E-state index in [1.165, 1.54) is 37.8 Å². The van der Waals surface area contributed by atoms with Gasteiger partial charge in [0.15, 0.2) is 5.78 Å². The molecule has 1 unspecified atom stereocenters. The molecule has 0 radical (unpaired) electrons. The third-order valence-corrected chi connectivity index (χ3v) is 4.19. The number of aromatic nitrogens is 1. The Hall–Kier alpha value is -1.29. The lowest BCUT2D eigenvalue weighted by molar-refractivity contribution is 0.0882. The van der Waals surface area contributed by atoms with Crippen LogP contribution in [-0.2, 0) is 0 Å². The number of hydrogen-bond donors (Lipinski definition) is 0. The predicted molar refractivity (Wildman–Crippen MR) is 75.0 cm³/mol. The molecule has 0 spiro atoms. The summed E-state index contributed by atoms with van der Waals surface area (Å²) in [6, 6.07) is 3.47. The van der Waals surface area contributed by atoms with Gasteiger partial charge in [-0.15, -0.1) is 0 Å². The van der Waals surface area contributed by atoms with Gasteiger partial charge in [-0.25, -0.2) is 4.39 Å². The lowest BCUT2D eigenvalue weighted by atomic mass is 10.0. The van der Waals surface area contributed by atoms with E-state index in [1.807, 2.05) is 6.92 Å². The Morgan fingerprint density at radius 3 is 2.70 bits per heavy atom. The molecule has 0 aliphatic heterocycles. The normalized spacial score (nSPS) is 20.1. The molecular formula is C16H21FN2O. The number of Topliss-reactive ketones (excluding diaryl/α,β-unsaturated/α-hetero) is 1. The highest BCUT2D eigenvalue weighted by Crippen LogP contribution is 2.35. The maximum atomic E-state index is 12.8. The first kappa shape index (κ1) is 13.7. The van der Waals surface area contributed by atoms with E-state index in [-0.39, 0.29) is 11.7 Å². The molecule has 108 valence electrons. The molecule has 3 nitrogen and oxygen atoms in total. The van der Waals surface area contributed by atoms with Crippen LogP contribution in [0.1, 0.15) is 43.1 Å². The SMILES string of the molecule is CC(CN(CC1CC1)C1CC1)C(=O)c1ccc(F)cn1. The Morgan fingerprint density at radius 1 is 1.40 bits per heavy atom. The van der Waals surface area contributed by atoms with E-state index in [0.29, 0.717) is 11.7 Å². The predicted octanol–water partition coefficient (Wildman–Crippen LogP) is 2.91. The van der Waals surface area contributed by atoms with Gasteiger partial charge in [-0.1, -0.05) is 6.92 Å². The zero-order valence-electron chi connectivity index (χ0n) is 11.9. The van der Waals surface area contributed by atoms with Crippen molar-refractivity contribution in [1.82, 2.24) is 9.88 Å². The molecule has 4 heteroatoms. The average molecular weight is 276 g/mol. The fourth-order valence-electron chi connectivity index (χ4n) is 2.65. The molecule has 1 aromatic rings. The van der Waals surface area contributed by atoms with Gasteiger partial charge in [-0.3, -0.25) is 14.7 Å². The van der Waals surface area contributed by atoms with Crippen molar-refractivity contribution in [2.24, 2.45) is 11.8 Å². The fourth-order valence-corrected chi connectivity index (χ4v) is 2.65. The van der Waals surface area contributed by atoms with Gasteiger partial charge in [0.2, 0.25) is 0 Å². The topological polar surface area (TPSA) is 33.2 Å². The number of nitrogens with zero attached hydrogens (tertiary/aromatic N) is 2. The molecule has 2 aliphatic rings. The second-order valence-electron chi connectivity index (χ2n) is 6.26. The van der Waals surface area contributed by atoms with Crippen LogP contribution in [0.2, 0.25) is 0 Å². The van der Waals surface area contributed by atoms with Gasteiger partial charge in [-0.05, 0) is 43.7 Å². The first-order valence-electron chi connectivity index (χ1n) is 7.53. The number of carbonyl (C=O) groups is 1. The quantitative estimate of drug-likeness (QED) is 0.718. The summed E-state index contributed by atoms with van der Waals surface area (Å²) >= 11 is 0. The molecule has 0 bridgehead atoms. The van der Waals surface area contributed by atoms with Crippen LogP contribution >= 0.6 is 0 Å². The third-order valence-electron chi connectivity index (χ3n) is 4.19. The van der Waals surface area contributed by atoms with Crippen LogP contribution in [-0.4, -0.2) is 34.8 Å². The van der Waals surface area contributed by atoms with Crippen LogP contribution in [0.25, 0.3) is 0 Å². The molecular weight excluding hydrogens is 255 g/mol. The number of hydrogen-bond acceptors (Lipinski definition) is 3. The Bertz CT molecular complexity index is 480. The van der Waals surface area contributed by atoms with E-state index in [9.17, 15) is 9.18 Å². The lowest BCUT2D eigenvalue weighted by Crippen LogP contribution is -2.35. The summed E-state index contributed by atoms with van der Waals surface area (Å²) < 4.78 is 12.8. The number of ketones is 1. The van der Waals surface area contributed by atoms with Gasteiger partial charge in [-0.2, -0.15) is 0 Å². The summed E-state index contributed by atoms with van der Waals surface area (Å²) in [5, 5.41) is 0. The van der Waals surface area contributed by atoms with E-state index in [4.69, 9.17) is 0 Å². The molecule has 1 atom stereocenters. The standard InChI is InChI=1S/C16H21FN2O/c1-11(16(20)15-7-4-13(17)8-18-15)9-19(14-5-6-14)10-12-2-3-12/h4,7-8,11-12,14H,2-3,5-6,9-10H2,1H3. The van der Waals surface area contributed by atoms with E-state index < -0.39 is 5.82 Å². The largest absolute Gasteiger partial charge is 0.299 e. The van der Waals surface area contributed by atoms with Crippen molar-refractivity contribution in [3.63, 3.8) is 0 Å². The highest BCUT2D eigenvalue weighted by Gasteiger charge is 2.35. The Balaban J connectivity index is 1.60. The van der Waals surface area contributed by atoms with Crippen molar-refractivity contribution in [2.45, 2.75) is 38.6 Å². The van der Waals surface area contributed by atoms with Gasteiger partial charge >= 0.3 is 0 Å². The van der Waals surface area contributed by atoms with Gasteiger partial charge < -0.3 is 0 Å². The van der Waals surface area contributed by atoms with E-state index in [2.05, 4.69) is 9.88 Å². The molecule has 2 fully saturated rings. The highest BCUT2D eigenvalue weighted by atomic mass is 19.1. The van der Waals surface area contributed by atoms with Crippen LogP contribution < -0.4 is 0 Å². The van der Waals surface area contributed by atoms with Gasteiger partial charge in [0.25, 0.3) is 0 Å². The van der Waals surface area contributed by atoms with Crippen LogP contribution in [0.4, 0.5) is 4.39 Å². The van der Waals surface area contributed by atoms with Crippen LogP contribution in [0, 0.1) is 17.7 Å². The molecule has 0 saturated heterocycles. The molecule has 1 aromatic heterocycles. The number of pyridine rings is 1. The Labute approximate surface area is 119 Å². The number of carbonyl (C=O) groups excluding carboxylic acids is 1. The van der Waals surface area contributed by atoms with Crippen molar-refractivity contribution in [3.8, 4) is 0 Å². The minimum atomic E-state index is -0.400. The minimum Gasteiger partial charge on any atom is -0.299 e. The molecule has 3 rings (SSSR count). The zero-order valence-corrected chi connectivity index (χ0v) is 11.9. The smallest absolute Gasteiger partial charge is 0.185 e. The average Bonchev–Trinajstić information content (AvgIpc) is 3.30. The van der Waals surface area contributed by atoms with Gasteiger partial charge in [0.05, 0.1) is 6.20 Å². The maximum Gasteiger partial charge on any atom is 0.185 e. The van der Waals surface area contributed by atoms with E-state index in [1.54, 1.807) is 0 Å². The van der Waals surface area contributed by atoms with E-state index >= 15 is 0 Å². The van der Waals surface area contributed by atoms with E-state index in [0.717, 1.165) is 25.2 Å². The third kappa shape index (κ3) is 3.42. The summed E-state index contributed by atoms with van der Waals surface area (Å²) in [4.78, 5) is 18.7. The lowest BCUT2D eigenvalue weighted by Gasteiger charge is -2.24. The molecule has 2 aliphatic carbocycles. The molecule has 0 amide bonds. The monoisotopic (exact) mass is 276 g/mol. The van der Waals surface area contributed by atoms with Crippen LogP contribution in [0.3, 0.4) is 0 Å². The zero-order chi connectivity index (χ0) is 14.1. The van der Waals surface area contributed by atoms with Crippen LogP contribution in [0.15, 0.2) is 18.3 Å². The number of halogens is 1. The van der Waals surface area contributed by atoms with Gasteiger partial charge in [0, 0.05) is 25.0 Å². The molecule has 2 saturated carbocycles. The second kappa shape index (κ2) is 5.60. The van der Waals surface area contributed by atoms with Crippen LogP contribution in [0.5, 0.6) is 0 Å². The van der Waals surface area contributed by atoms with Crippen molar-refractivity contribution < 1.29 is 9.18 Å². The van der Waals surface area contributed by atoms with Crippen molar-refractivity contribution in [3.05, 3.63) is 29.8 Å². The molecule has 20 heavy (non-hydrogen) atoms. The summed E-state index contributed by atoms with van der Waals surface area (Å²) in [5.41, 5.74) is 0.376. The second-order valence-corrected chi connectivity index (χ2v) is 6.26. The van der Waals surface area contributed by atoms with Crippen molar-refractivity contribution in [2.75, 3.05) is 13.1 Å². The Kier molecular flexibility index (Phi) is 3.83. The number of rotatable bonds is 7. The first-order valence-corrected chi connectivity index (χ1v) is 7.53. The van der Waals surface area contributed by atoms with Gasteiger partial charge in [0.1, 0.15) is 11.5 Å². The summed E-state index contributed by atoms with van der Waals surface area (Å²) in [6.07, 6.45) is 6.32. The maximum absolute atomic E-state index is 12.8. The molecule has 1 heterocycles. The summed E-state index contributed by atoms with van der Waals surface area (Å²) in [7, 11) is 0. The van der Waals surface area contributed by atoms with Crippen molar-refractivity contribution in [1.29, 1.82) is 0 Å². The first-order chi connectivity index (χ1) is 9.63. The Morgan fingerprint density at radius 2 is 2.15 bits per heavy atom. The van der Waals surface area contributed by atoms with Crippen molar-refractivity contribution >= 4 is 5.78 Å².